The number of nitrogens with zero attached hydrogens (tertiary/aromatic N) is 1. The Kier molecular flexibility index (Phi) is 5.57. The number of carbonyl (C=O) groups is 3. The van der Waals surface area contributed by atoms with Crippen LogP contribution in [0.15, 0.2) is 18.5 Å². The Morgan fingerprint density at radius 1 is 1.30 bits per heavy atom. The molecule has 0 aliphatic heterocycles. The van der Waals surface area contributed by atoms with Crippen LogP contribution in [0.25, 0.3) is 0 Å². The number of rotatable bonds is 7. The van der Waals surface area contributed by atoms with Crippen LogP contribution < -0.4 is 5.32 Å². The van der Waals surface area contributed by atoms with Crippen molar-refractivity contribution >= 4 is 17.8 Å². The Bertz CT molecular complexity index is 520. The van der Waals surface area contributed by atoms with E-state index in [1.54, 1.807) is 0 Å². The van der Waals surface area contributed by atoms with Crippen LogP contribution in [0, 0.1) is 5.82 Å². The van der Waals surface area contributed by atoms with Crippen molar-refractivity contribution in [2.45, 2.75) is 25.3 Å². The van der Waals surface area contributed by atoms with Crippen molar-refractivity contribution in [3.05, 3.63) is 29.8 Å². The molecule has 1 rings (SSSR count). The van der Waals surface area contributed by atoms with Crippen LogP contribution in [-0.4, -0.2) is 39.1 Å². The van der Waals surface area contributed by atoms with E-state index < -0.39 is 29.7 Å². The molecule has 1 aromatic heterocycles. The molecule has 1 heterocycles. The molecule has 0 radical (unpaired) electrons. The van der Waals surface area contributed by atoms with Crippen LogP contribution in [0.4, 0.5) is 4.39 Å². The Morgan fingerprint density at radius 2 is 2.00 bits per heavy atom. The van der Waals surface area contributed by atoms with Gasteiger partial charge in [-0.3, -0.25) is 14.6 Å². The van der Waals surface area contributed by atoms with E-state index in [-0.39, 0.29) is 24.8 Å². The third-order valence-electron chi connectivity index (χ3n) is 2.45. The maximum Gasteiger partial charge on any atom is 0.326 e. The lowest BCUT2D eigenvalue weighted by Crippen LogP contribution is -2.40. The first-order chi connectivity index (χ1) is 9.40. The standard InChI is InChI=1S/C12H13FN2O5/c13-8-4-7(5-14-6-8)11(18)15-9(12(19)20)2-1-3-10(16)17/h4-6,9H,1-3H2,(H,15,18)(H,16,17)(H,19,20)/t9-/m1/s1. The maximum atomic E-state index is 12.9. The lowest BCUT2D eigenvalue weighted by atomic mass is 10.1. The Labute approximate surface area is 113 Å². The average Bonchev–Trinajstić information content (AvgIpc) is 2.36. The van der Waals surface area contributed by atoms with Gasteiger partial charge in [-0.25, -0.2) is 9.18 Å². The minimum Gasteiger partial charge on any atom is -0.481 e. The van der Waals surface area contributed by atoms with Gasteiger partial charge >= 0.3 is 11.9 Å². The van der Waals surface area contributed by atoms with Crippen LogP contribution in [-0.2, 0) is 9.59 Å². The fourth-order valence-corrected chi connectivity index (χ4v) is 1.49. The second-order valence-electron chi connectivity index (χ2n) is 4.04. The number of nitrogens with one attached hydrogen (secondary N) is 1. The van der Waals surface area contributed by atoms with Crippen LogP contribution in [0.2, 0.25) is 0 Å². The zero-order chi connectivity index (χ0) is 15.1. The highest BCUT2D eigenvalue weighted by atomic mass is 19.1. The lowest BCUT2D eigenvalue weighted by Gasteiger charge is -2.13. The third-order valence-corrected chi connectivity index (χ3v) is 2.45. The molecule has 0 saturated heterocycles. The molecule has 0 saturated carbocycles. The fourth-order valence-electron chi connectivity index (χ4n) is 1.49. The molecule has 0 aromatic carbocycles. The average molecular weight is 284 g/mol. The van der Waals surface area contributed by atoms with Gasteiger partial charge in [-0.2, -0.15) is 0 Å². The number of pyridine rings is 1. The first-order valence-electron chi connectivity index (χ1n) is 5.76. The quantitative estimate of drug-likeness (QED) is 0.677. The molecule has 8 heteroatoms. The number of amides is 1. The largest absolute Gasteiger partial charge is 0.481 e. The third kappa shape index (κ3) is 5.01. The van der Waals surface area contributed by atoms with Crippen molar-refractivity contribution < 1.29 is 29.0 Å². The van der Waals surface area contributed by atoms with Crippen molar-refractivity contribution in [2.75, 3.05) is 0 Å². The molecule has 20 heavy (non-hydrogen) atoms. The Morgan fingerprint density at radius 3 is 2.55 bits per heavy atom. The van der Waals surface area contributed by atoms with Gasteiger partial charge in [0.25, 0.3) is 5.91 Å². The summed E-state index contributed by atoms with van der Waals surface area (Å²) < 4.78 is 12.9. The Hall–Kier alpha value is -2.51. The first kappa shape index (κ1) is 15.5. The highest BCUT2D eigenvalue weighted by Gasteiger charge is 2.21. The molecule has 7 nitrogen and oxygen atoms in total. The molecule has 1 aromatic rings. The maximum absolute atomic E-state index is 12.9. The zero-order valence-corrected chi connectivity index (χ0v) is 10.4. The molecule has 108 valence electrons. The molecule has 0 bridgehead atoms. The SMILES string of the molecule is O=C(O)CCC[C@@H](NC(=O)c1cncc(F)c1)C(=O)O. The summed E-state index contributed by atoms with van der Waals surface area (Å²) in [5, 5.41) is 19.6. The minimum absolute atomic E-state index is 0.0316. The minimum atomic E-state index is -1.28. The van der Waals surface area contributed by atoms with E-state index in [0.29, 0.717) is 0 Å². The highest BCUT2D eigenvalue weighted by molar-refractivity contribution is 5.96. The van der Waals surface area contributed by atoms with Gasteiger partial charge in [-0.15, -0.1) is 0 Å². The molecule has 1 atom stereocenters. The van der Waals surface area contributed by atoms with E-state index in [1.807, 2.05) is 0 Å². The second kappa shape index (κ2) is 7.17. The fraction of sp³-hybridized carbons (Fsp3) is 0.333. The number of aliphatic carboxylic acids is 2. The van der Waals surface area contributed by atoms with Gasteiger partial charge in [0, 0.05) is 12.6 Å². The summed E-state index contributed by atoms with van der Waals surface area (Å²) in [7, 11) is 0. The summed E-state index contributed by atoms with van der Waals surface area (Å²) in [4.78, 5) is 36.5. The van der Waals surface area contributed by atoms with Gasteiger partial charge in [-0.05, 0) is 18.9 Å². The van der Waals surface area contributed by atoms with Crippen LogP contribution in [0.1, 0.15) is 29.6 Å². The lowest BCUT2D eigenvalue weighted by molar-refractivity contribution is -0.140. The van der Waals surface area contributed by atoms with E-state index in [9.17, 15) is 18.8 Å². The van der Waals surface area contributed by atoms with E-state index in [1.165, 1.54) is 0 Å². The van der Waals surface area contributed by atoms with Gasteiger partial charge < -0.3 is 15.5 Å². The molecule has 0 aliphatic rings. The normalized spacial score (nSPS) is 11.7. The van der Waals surface area contributed by atoms with Gasteiger partial charge in [0.05, 0.1) is 11.8 Å². The number of halogens is 1. The van der Waals surface area contributed by atoms with Gasteiger partial charge in [0.2, 0.25) is 0 Å². The van der Waals surface area contributed by atoms with Crippen LogP contribution in [0.3, 0.4) is 0 Å². The summed E-state index contributed by atoms with van der Waals surface area (Å²) in [6.45, 7) is 0. The predicted octanol–water partition coefficient (Wildman–Crippen LogP) is 0.659. The van der Waals surface area contributed by atoms with Gasteiger partial charge in [0.1, 0.15) is 11.9 Å². The molecule has 0 aliphatic carbocycles. The number of aromatic nitrogens is 1. The Balaban J connectivity index is 2.63. The van der Waals surface area contributed by atoms with E-state index >= 15 is 0 Å². The highest BCUT2D eigenvalue weighted by Crippen LogP contribution is 2.05. The van der Waals surface area contributed by atoms with Gasteiger partial charge in [-0.1, -0.05) is 0 Å². The van der Waals surface area contributed by atoms with Crippen molar-refractivity contribution in [2.24, 2.45) is 0 Å². The zero-order valence-electron chi connectivity index (χ0n) is 10.4. The second-order valence-corrected chi connectivity index (χ2v) is 4.04. The molecule has 1 amide bonds. The topological polar surface area (TPSA) is 117 Å². The number of carboxylic acids is 2. The van der Waals surface area contributed by atoms with E-state index in [4.69, 9.17) is 10.2 Å². The van der Waals surface area contributed by atoms with Crippen molar-refractivity contribution in [1.82, 2.24) is 10.3 Å². The summed E-state index contributed by atoms with van der Waals surface area (Å²) in [5.41, 5.74) is -0.102. The summed E-state index contributed by atoms with van der Waals surface area (Å²) in [5.74, 6) is -3.82. The molecular formula is C12H13FN2O5. The van der Waals surface area contributed by atoms with Crippen LogP contribution in [0.5, 0.6) is 0 Å². The van der Waals surface area contributed by atoms with Crippen LogP contribution >= 0.6 is 0 Å². The molecular weight excluding hydrogens is 271 g/mol. The van der Waals surface area contributed by atoms with Crippen molar-refractivity contribution in [3.63, 3.8) is 0 Å². The number of hydrogen-bond donors (Lipinski definition) is 3. The summed E-state index contributed by atoms with van der Waals surface area (Å²) in [6, 6.07) is -0.302. The van der Waals surface area contributed by atoms with Crippen molar-refractivity contribution in [1.29, 1.82) is 0 Å². The summed E-state index contributed by atoms with van der Waals surface area (Å²) >= 11 is 0. The molecule has 0 spiro atoms. The summed E-state index contributed by atoms with van der Waals surface area (Å²) in [6.07, 6.45) is 1.90. The molecule has 3 N–H and O–H groups in total. The smallest absolute Gasteiger partial charge is 0.326 e. The van der Waals surface area contributed by atoms with Gasteiger partial charge in [0.15, 0.2) is 0 Å². The monoisotopic (exact) mass is 284 g/mol. The number of hydrogen-bond acceptors (Lipinski definition) is 4. The number of carboxylic acid groups (broad SMARTS) is 2. The molecule has 0 fully saturated rings. The molecule has 0 unspecified atom stereocenters. The number of carbonyl (C=O) groups excluding carboxylic acids is 1. The predicted molar refractivity (Wildman–Crippen MR) is 64.6 cm³/mol. The first-order valence-corrected chi connectivity index (χ1v) is 5.76. The van der Waals surface area contributed by atoms with E-state index in [2.05, 4.69) is 10.3 Å². The van der Waals surface area contributed by atoms with Crippen molar-refractivity contribution in [3.8, 4) is 0 Å². The van der Waals surface area contributed by atoms with E-state index in [0.717, 1.165) is 18.5 Å².